The van der Waals surface area contributed by atoms with Crippen molar-refractivity contribution in [2.45, 2.75) is 39.2 Å². The highest BCUT2D eigenvalue weighted by Gasteiger charge is 2.27. The fraction of sp³-hybridized carbons (Fsp3) is 1.00. The molecule has 0 bridgehead atoms. The average molecular weight is 292 g/mol. The van der Waals surface area contributed by atoms with E-state index < -0.39 is 10.0 Å². The summed E-state index contributed by atoms with van der Waals surface area (Å²) < 4.78 is 24.8. The Labute approximate surface area is 117 Å². The molecule has 5 nitrogen and oxygen atoms in total. The number of piperidine rings is 1. The molecule has 1 heterocycles. The van der Waals surface area contributed by atoms with Crippen molar-refractivity contribution >= 4 is 10.0 Å². The third-order valence-corrected chi connectivity index (χ3v) is 5.05. The van der Waals surface area contributed by atoms with E-state index in [4.69, 9.17) is 5.11 Å². The van der Waals surface area contributed by atoms with Gasteiger partial charge in [-0.3, -0.25) is 0 Å². The van der Waals surface area contributed by atoms with E-state index in [-0.39, 0.29) is 6.61 Å². The van der Waals surface area contributed by atoms with Crippen molar-refractivity contribution in [3.8, 4) is 0 Å². The van der Waals surface area contributed by atoms with Gasteiger partial charge in [0.05, 0.1) is 6.26 Å². The highest BCUT2D eigenvalue weighted by molar-refractivity contribution is 7.88. The van der Waals surface area contributed by atoms with Gasteiger partial charge in [-0.25, -0.2) is 12.7 Å². The van der Waals surface area contributed by atoms with Gasteiger partial charge in [0.15, 0.2) is 0 Å². The Morgan fingerprint density at radius 1 is 1.42 bits per heavy atom. The maximum absolute atomic E-state index is 11.6. The van der Waals surface area contributed by atoms with E-state index in [1.807, 2.05) is 0 Å². The molecule has 1 N–H and O–H groups in total. The Morgan fingerprint density at radius 2 is 2.11 bits per heavy atom. The molecule has 0 saturated carbocycles. The maximum Gasteiger partial charge on any atom is 0.211 e. The van der Waals surface area contributed by atoms with E-state index in [1.165, 1.54) is 6.26 Å². The van der Waals surface area contributed by atoms with Crippen molar-refractivity contribution in [3.63, 3.8) is 0 Å². The fourth-order valence-electron chi connectivity index (χ4n) is 2.64. The van der Waals surface area contributed by atoms with Crippen LogP contribution in [0, 0.1) is 5.92 Å². The van der Waals surface area contributed by atoms with Crippen LogP contribution in [0.2, 0.25) is 0 Å². The summed E-state index contributed by atoms with van der Waals surface area (Å²) in [5.41, 5.74) is 0. The van der Waals surface area contributed by atoms with Crippen molar-refractivity contribution in [2.24, 2.45) is 5.92 Å². The predicted octanol–water partition coefficient (Wildman–Crippen LogP) is 0.751. The first-order valence-corrected chi connectivity index (χ1v) is 8.99. The van der Waals surface area contributed by atoms with Crippen molar-refractivity contribution in [2.75, 3.05) is 39.0 Å². The van der Waals surface area contributed by atoms with Gasteiger partial charge in [0.25, 0.3) is 0 Å². The van der Waals surface area contributed by atoms with Crippen molar-refractivity contribution in [1.82, 2.24) is 9.21 Å². The minimum absolute atomic E-state index is 0.212. The lowest BCUT2D eigenvalue weighted by Gasteiger charge is -2.36. The summed E-state index contributed by atoms with van der Waals surface area (Å²) in [5, 5.41) is 8.94. The molecule has 1 atom stereocenters. The van der Waals surface area contributed by atoms with Crippen LogP contribution in [0.25, 0.3) is 0 Å². The van der Waals surface area contributed by atoms with Crippen molar-refractivity contribution < 1.29 is 13.5 Å². The number of hydrogen-bond donors (Lipinski definition) is 1. The number of rotatable bonds is 7. The zero-order valence-electron chi connectivity index (χ0n) is 12.4. The molecule has 0 radical (unpaired) electrons. The quantitative estimate of drug-likeness (QED) is 0.752. The van der Waals surface area contributed by atoms with Crippen LogP contribution in [-0.4, -0.2) is 67.8 Å². The lowest BCUT2D eigenvalue weighted by Crippen LogP contribution is -2.45. The predicted molar refractivity (Wildman–Crippen MR) is 77.6 cm³/mol. The normalized spacial score (nSPS) is 22.3. The molecule has 1 aliphatic rings. The van der Waals surface area contributed by atoms with Crippen LogP contribution in [0.5, 0.6) is 0 Å². The largest absolute Gasteiger partial charge is 0.396 e. The van der Waals surface area contributed by atoms with Crippen LogP contribution in [0.3, 0.4) is 0 Å². The Kier molecular flexibility index (Phi) is 6.73. The highest BCUT2D eigenvalue weighted by atomic mass is 32.2. The molecule has 1 unspecified atom stereocenters. The van der Waals surface area contributed by atoms with Crippen LogP contribution in [0.15, 0.2) is 0 Å². The fourth-order valence-corrected chi connectivity index (χ4v) is 3.59. The summed E-state index contributed by atoms with van der Waals surface area (Å²) in [6.07, 6.45) is 4.11. The summed E-state index contributed by atoms with van der Waals surface area (Å²) in [6.45, 7) is 7.61. The molecule has 1 saturated heterocycles. The molecule has 0 aromatic rings. The smallest absolute Gasteiger partial charge is 0.211 e. The van der Waals surface area contributed by atoms with Gasteiger partial charge < -0.3 is 10.0 Å². The Hall–Kier alpha value is -0.170. The highest BCUT2D eigenvalue weighted by Crippen LogP contribution is 2.20. The number of sulfonamides is 1. The lowest BCUT2D eigenvalue weighted by atomic mass is 9.98. The number of nitrogens with zero attached hydrogens (tertiary/aromatic N) is 2. The molecular weight excluding hydrogens is 264 g/mol. The molecule has 0 aromatic heterocycles. The minimum Gasteiger partial charge on any atom is -0.396 e. The monoisotopic (exact) mass is 292 g/mol. The van der Waals surface area contributed by atoms with Gasteiger partial charge >= 0.3 is 0 Å². The zero-order valence-corrected chi connectivity index (χ0v) is 13.2. The van der Waals surface area contributed by atoms with E-state index in [0.717, 1.165) is 32.4 Å². The zero-order chi connectivity index (χ0) is 14.5. The number of aliphatic hydroxyl groups is 1. The second-order valence-corrected chi connectivity index (χ2v) is 7.78. The van der Waals surface area contributed by atoms with E-state index in [2.05, 4.69) is 18.7 Å². The van der Waals surface area contributed by atoms with Crippen LogP contribution in [0.1, 0.15) is 33.1 Å². The summed E-state index contributed by atoms with van der Waals surface area (Å²) in [6, 6.07) is 0.431. The third-order valence-electron chi connectivity index (χ3n) is 3.78. The summed E-state index contributed by atoms with van der Waals surface area (Å²) in [5.74, 6) is 0.407. The van der Waals surface area contributed by atoms with Crippen LogP contribution < -0.4 is 0 Å². The first-order valence-electron chi connectivity index (χ1n) is 7.14. The minimum atomic E-state index is -3.06. The van der Waals surface area contributed by atoms with Crippen LogP contribution in [0.4, 0.5) is 0 Å². The lowest BCUT2D eigenvalue weighted by molar-refractivity contribution is 0.140. The third kappa shape index (κ3) is 5.77. The topological polar surface area (TPSA) is 60.9 Å². The van der Waals surface area contributed by atoms with Gasteiger partial charge in [-0.15, -0.1) is 0 Å². The van der Waals surface area contributed by atoms with Gasteiger partial charge in [0.2, 0.25) is 10.0 Å². The van der Waals surface area contributed by atoms with Crippen LogP contribution >= 0.6 is 0 Å². The first kappa shape index (κ1) is 16.9. The number of hydrogen-bond acceptors (Lipinski definition) is 4. The standard InChI is InChI=1S/C13H28N2O3S/c1-12(2)14(7-5-9-16)10-13-6-4-8-15(11-13)19(3,17)18/h12-13,16H,4-11H2,1-3H3. The molecule has 0 aromatic carbocycles. The van der Waals surface area contributed by atoms with E-state index in [0.29, 0.717) is 25.0 Å². The van der Waals surface area contributed by atoms with E-state index in [1.54, 1.807) is 4.31 Å². The molecule has 0 amide bonds. The first-order chi connectivity index (χ1) is 8.84. The molecule has 1 aliphatic heterocycles. The van der Waals surface area contributed by atoms with Crippen molar-refractivity contribution in [3.05, 3.63) is 0 Å². The molecule has 114 valence electrons. The summed E-state index contributed by atoms with van der Waals surface area (Å²) >= 11 is 0. The molecule has 0 spiro atoms. The van der Waals surface area contributed by atoms with Crippen LogP contribution in [-0.2, 0) is 10.0 Å². The summed E-state index contributed by atoms with van der Waals surface area (Å²) in [7, 11) is -3.06. The van der Waals surface area contributed by atoms with E-state index >= 15 is 0 Å². The van der Waals surface area contributed by atoms with Gasteiger partial charge in [0, 0.05) is 38.8 Å². The second-order valence-electron chi connectivity index (χ2n) is 5.80. The van der Waals surface area contributed by atoms with Gasteiger partial charge in [-0.05, 0) is 39.0 Å². The van der Waals surface area contributed by atoms with Crippen molar-refractivity contribution in [1.29, 1.82) is 0 Å². The average Bonchev–Trinajstić information content (AvgIpc) is 2.33. The van der Waals surface area contributed by atoms with Gasteiger partial charge in [0.1, 0.15) is 0 Å². The second kappa shape index (κ2) is 7.57. The summed E-state index contributed by atoms with van der Waals surface area (Å²) in [4.78, 5) is 2.34. The molecule has 1 fully saturated rings. The van der Waals surface area contributed by atoms with E-state index in [9.17, 15) is 8.42 Å². The molecule has 0 aliphatic carbocycles. The van der Waals surface area contributed by atoms with Gasteiger partial charge in [-0.2, -0.15) is 0 Å². The molecule has 1 rings (SSSR count). The maximum atomic E-state index is 11.6. The Bertz CT molecular complexity index is 357. The molecule has 19 heavy (non-hydrogen) atoms. The molecular formula is C13H28N2O3S. The Balaban J connectivity index is 2.54. The molecule has 6 heteroatoms. The Morgan fingerprint density at radius 3 is 2.63 bits per heavy atom. The SMILES string of the molecule is CC(C)N(CCCO)CC1CCCN(S(C)(=O)=O)C1. The number of aliphatic hydroxyl groups excluding tert-OH is 1. The van der Waals surface area contributed by atoms with Gasteiger partial charge in [-0.1, -0.05) is 0 Å².